The molecule has 7 heteroatoms. The van der Waals surface area contributed by atoms with E-state index in [9.17, 15) is 13.2 Å². The zero-order chi connectivity index (χ0) is 21.6. The van der Waals surface area contributed by atoms with Crippen molar-refractivity contribution in [1.29, 1.82) is 5.26 Å². The van der Waals surface area contributed by atoms with Gasteiger partial charge < -0.3 is 5.32 Å². The lowest BCUT2D eigenvalue weighted by atomic mass is 10.00. The van der Waals surface area contributed by atoms with Gasteiger partial charge in [0.15, 0.2) is 0 Å². The lowest BCUT2D eigenvalue weighted by Crippen LogP contribution is -2.39. The Bertz CT molecular complexity index is 975. The smallest absolute Gasteiger partial charge is 0.243 e. The summed E-state index contributed by atoms with van der Waals surface area (Å²) in [6, 6.07) is 15.4. The molecule has 2 rings (SSSR count). The van der Waals surface area contributed by atoms with Crippen molar-refractivity contribution in [3.8, 4) is 6.07 Å². The van der Waals surface area contributed by atoms with E-state index in [2.05, 4.69) is 31.3 Å². The van der Waals surface area contributed by atoms with Crippen LogP contribution in [-0.4, -0.2) is 32.2 Å². The van der Waals surface area contributed by atoms with Crippen molar-refractivity contribution in [3.05, 3.63) is 65.2 Å². The molecule has 1 unspecified atom stereocenters. The molecule has 6 nitrogen and oxygen atoms in total. The molecule has 1 amide bonds. The summed E-state index contributed by atoms with van der Waals surface area (Å²) in [7, 11) is -2.45. The second-order valence-corrected chi connectivity index (χ2v) is 9.57. The number of amides is 1. The van der Waals surface area contributed by atoms with Gasteiger partial charge in [-0.3, -0.25) is 4.79 Å². The third kappa shape index (κ3) is 6.14. The molecule has 0 aliphatic heterocycles. The Morgan fingerprint density at radius 2 is 1.66 bits per heavy atom. The van der Waals surface area contributed by atoms with Gasteiger partial charge in [0.05, 0.1) is 29.1 Å². The lowest BCUT2D eigenvalue weighted by Gasteiger charge is -2.19. The van der Waals surface area contributed by atoms with Crippen LogP contribution in [0.4, 0.5) is 0 Å². The van der Waals surface area contributed by atoms with Crippen molar-refractivity contribution < 1.29 is 13.2 Å². The molecule has 0 aliphatic rings. The Morgan fingerprint density at radius 1 is 1.07 bits per heavy atom. The summed E-state index contributed by atoms with van der Waals surface area (Å²) in [5, 5.41) is 11.7. The Morgan fingerprint density at radius 3 is 2.17 bits per heavy atom. The fraction of sp³-hybridized carbons (Fsp3) is 0.364. The van der Waals surface area contributed by atoms with Crippen molar-refractivity contribution in [3.63, 3.8) is 0 Å². The minimum atomic E-state index is -3.81. The molecule has 29 heavy (non-hydrogen) atoms. The third-order valence-electron chi connectivity index (χ3n) is 4.56. The lowest BCUT2D eigenvalue weighted by molar-refractivity contribution is -0.121. The molecule has 1 N–H and O–H groups in total. The fourth-order valence-corrected chi connectivity index (χ4v) is 4.08. The molecule has 0 saturated carbocycles. The molecule has 0 aliphatic carbocycles. The largest absolute Gasteiger partial charge is 0.348 e. The van der Waals surface area contributed by atoms with E-state index in [0.717, 1.165) is 16.3 Å². The average Bonchev–Trinajstić information content (AvgIpc) is 2.67. The molecule has 0 saturated heterocycles. The molecule has 2 aromatic carbocycles. The standard InChI is InChI=1S/C22H27N3O3S/c1-16(2)13-18-5-9-20(10-6-18)17(3)24-22(26)15-25(4)29(27,28)21-11-7-19(14-23)8-12-21/h5-12,16-17H,13,15H2,1-4H3,(H,24,26). The Balaban J connectivity index is 1.98. The summed E-state index contributed by atoms with van der Waals surface area (Å²) >= 11 is 0. The molecule has 0 heterocycles. The number of sulfonamides is 1. The molecule has 0 aromatic heterocycles. The molecule has 0 fully saturated rings. The van der Waals surface area contributed by atoms with Crippen molar-refractivity contribution in [2.24, 2.45) is 5.92 Å². The van der Waals surface area contributed by atoms with Gasteiger partial charge >= 0.3 is 0 Å². The first-order valence-electron chi connectivity index (χ1n) is 9.48. The minimum absolute atomic E-state index is 0.0422. The predicted molar refractivity (Wildman–Crippen MR) is 113 cm³/mol. The van der Waals surface area contributed by atoms with E-state index in [1.807, 2.05) is 25.1 Å². The monoisotopic (exact) mass is 413 g/mol. The summed E-state index contributed by atoms with van der Waals surface area (Å²) in [5.41, 5.74) is 2.58. The van der Waals surface area contributed by atoms with Gasteiger partial charge in [-0.2, -0.15) is 9.57 Å². The predicted octanol–water partition coefficient (Wildman–Crippen LogP) is 3.25. The molecule has 0 radical (unpaired) electrons. The van der Waals surface area contributed by atoms with Crippen molar-refractivity contribution >= 4 is 15.9 Å². The molecule has 154 valence electrons. The molecule has 0 bridgehead atoms. The van der Waals surface area contributed by atoms with Gasteiger partial charge in [0.1, 0.15) is 0 Å². The first-order valence-corrected chi connectivity index (χ1v) is 10.9. The maximum absolute atomic E-state index is 12.6. The highest BCUT2D eigenvalue weighted by Crippen LogP contribution is 2.17. The zero-order valence-corrected chi connectivity index (χ0v) is 18.0. The van der Waals surface area contributed by atoms with Crippen LogP contribution in [0.15, 0.2) is 53.4 Å². The van der Waals surface area contributed by atoms with Crippen LogP contribution >= 0.6 is 0 Å². The average molecular weight is 414 g/mol. The van der Waals surface area contributed by atoms with Crippen molar-refractivity contribution in [1.82, 2.24) is 9.62 Å². The summed E-state index contributed by atoms with van der Waals surface area (Å²) in [6.07, 6.45) is 0.999. The van der Waals surface area contributed by atoms with Gasteiger partial charge in [-0.05, 0) is 54.7 Å². The number of carbonyl (C=O) groups excluding carboxylic acids is 1. The Labute approximate surface area is 173 Å². The van der Waals surface area contributed by atoms with Crippen LogP contribution in [0.25, 0.3) is 0 Å². The summed E-state index contributed by atoms with van der Waals surface area (Å²) in [6.45, 7) is 5.90. The quantitative estimate of drug-likeness (QED) is 0.719. The number of benzene rings is 2. The van der Waals surface area contributed by atoms with Gasteiger partial charge in [-0.1, -0.05) is 38.1 Å². The number of carbonyl (C=O) groups is 1. The Hall–Kier alpha value is -2.69. The fourth-order valence-electron chi connectivity index (χ4n) is 2.95. The van der Waals surface area contributed by atoms with Gasteiger partial charge in [0, 0.05) is 7.05 Å². The number of hydrogen-bond donors (Lipinski definition) is 1. The second kappa shape index (κ2) is 9.68. The number of nitriles is 1. The van der Waals surface area contributed by atoms with Gasteiger partial charge in [-0.25, -0.2) is 8.42 Å². The van der Waals surface area contributed by atoms with Crippen LogP contribution in [0.3, 0.4) is 0 Å². The van der Waals surface area contributed by atoms with Gasteiger partial charge in [0.2, 0.25) is 15.9 Å². The zero-order valence-electron chi connectivity index (χ0n) is 17.2. The minimum Gasteiger partial charge on any atom is -0.348 e. The van der Waals surface area contributed by atoms with Crippen LogP contribution in [0.5, 0.6) is 0 Å². The molecule has 2 aromatic rings. The second-order valence-electron chi connectivity index (χ2n) is 7.53. The van der Waals surface area contributed by atoms with E-state index in [0.29, 0.717) is 11.5 Å². The Kier molecular flexibility index (Phi) is 7.54. The maximum atomic E-state index is 12.6. The first-order chi connectivity index (χ1) is 13.6. The third-order valence-corrected chi connectivity index (χ3v) is 6.38. The number of nitrogens with one attached hydrogen (secondary N) is 1. The number of rotatable bonds is 8. The van der Waals surface area contributed by atoms with E-state index in [4.69, 9.17) is 5.26 Å². The van der Waals surface area contributed by atoms with E-state index in [-0.39, 0.29) is 23.4 Å². The number of nitrogens with zero attached hydrogens (tertiary/aromatic N) is 2. The molecular weight excluding hydrogens is 386 g/mol. The molecular formula is C22H27N3O3S. The van der Waals surface area contributed by atoms with E-state index in [1.165, 1.54) is 36.9 Å². The molecule has 1 atom stereocenters. The highest BCUT2D eigenvalue weighted by molar-refractivity contribution is 7.89. The van der Waals surface area contributed by atoms with Crippen LogP contribution in [0.1, 0.15) is 43.5 Å². The summed E-state index contributed by atoms with van der Waals surface area (Å²) < 4.78 is 26.2. The van der Waals surface area contributed by atoms with Crippen LogP contribution in [0.2, 0.25) is 0 Å². The highest BCUT2D eigenvalue weighted by Gasteiger charge is 2.23. The number of hydrogen-bond acceptors (Lipinski definition) is 4. The van der Waals surface area contributed by atoms with E-state index in [1.54, 1.807) is 0 Å². The SMILES string of the molecule is CC(C)Cc1ccc(C(C)NC(=O)CN(C)S(=O)(=O)c2ccc(C#N)cc2)cc1. The van der Waals surface area contributed by atoms with E-state index < -0.39 is 10.0 Å². The first kappa shape index (κ1) is 22.6. The van der Waals surface area contributed by atoms with Crippen LogP contribution < -0.4 is 5.32 Å². The van der Waals surface area contributed by atoms with Gasteiger partial charge in [0.25, 0.3) is 0 Å². The summed E-state index contributed by atoms with van der Waals surface area (Å²) in [4.78, 5) is 12.4. The topological polar surface area (TPSA) is 90.3 Å². The van der Waals surface area contributed by atoms with Crippen LogP contribution in [-0.2, 0) is 21.2 Å². The van der Waals surface area contributed by atoms with Crippen LogP contribution in [0, 0.1) is 17.2 Å². The van der Waals surface area contributed by atoms with E-state index >= 15 is 0 Å². The maximum Gasteiger partial charge on any atom is 0.243 e. The summed E-state index contributed by atoms with van der Waals surface area (Å²) in [5.74, 6) is 0.190. The number of likely N-dealkylation sites (N-methyl/N-ethyl adjacent to an activating group) is 1. The highest BCUT2D eigenvalue weighted by atomic mass is 32.2. The van der Waals surface area contributed by atoms with Gasteiger partial charge in [-0.15, -0.1) is 0 Å². The van der Waals surface area contributed by atoms with Crippen molar-refractivity contribution in [2.45, 2.75) is 38.1 Å². The normalized spacial score (nSPS) is 12.6. The molecule has 0 spiro atoms. The van der Waals surface area contributed by atoms with Crippen molar-refractivity contribution in [2.75, 3.05) is 13.6 Å².